The summed E-state index contributed by atoms with van der Waals surface area (Å²) in [5, 5.41) is 11.7. The Morgan fingerprint density at radius 3 is 2.70 bits per heavy atom. The number of nitrogens with zero attached hydrogens (tertiary/aromatic N) is 2. The Kier molecular flexibility index (Phi) is 5.32. The molecule has 1 unspecified atom stereocenters. The number of rotatable bonds is 5. The van der Waals surface area contributed by atoms with E-state index in [0.29, 0.717) is 17.7 Å². The Hall–Kier alpha value is -2.87. The average Bonchev–Trinajstić information content (AvgIpc) is 2.54. The van der Waals surface area contributed by atoms with Gasteiger partial charge < -0.3 is 9.88 Å². The summed E-state index contributed by atoms with van der Waals surface area (Å²) in [7, 11) is 0. The van der Waals surface area contributed by atoms with Crippen molar-refractivity contribution in [3.63, 3.8) is 0 Å². The first kappa shape index (κ1) is 16.5. The van der Waals surface area contributed by atoms with Crippen LogP contribution in [0.5, 0.6) is 0 Å². The SMILES string of the molecule is CCCC(C(=O)Nc1cccc(C#N)c1)n1c(C)cccc1=O. The highest BCUT2D eigenvalue weighted by atomic mass is 16.2. The molecule has 2 rings (SSSR count). The fourth-order valence-corrected chi connectivity index (χ4v) is 2.55. The van der Waals surface area contributed by atoms with E-state index < -0.39 is 6.04 Å². The lowest BCUT2D eigenvalue weighted by molar-refractivity contribution is -0.119. The maximum atomic E-state index is 12.7. The predicted octanol–water partition coefficient (Wildman–Crippen LogP) is 3.01. The second-order valence-corrected chi connectivity index (χ2v) is 5.36. The smallest absolute Gasteiger partial charge is 0.251 e. The molecule has 1 aromatic carbocycles. The van der Waals surface area contributed by atoms with E-state index in [0.717, 1.165) is 12.1 Å². The molecule has 23 heavy (non-hydrogen) atoms. The summed E-state index contributed by atoms with van der Waals surface area (Å²) in [6.45, 7) is 3.79. The van der Waals surface area contributed by atoms with E-state index in [1.165, 1.54) is 10.6 Å². The number of carbonyl (C=O) groups is 1. The van der Waals surface area contributed by atoms with Gasteiger partial charge in [-0.3, -0.25) is 9.59 Å². The number of hydrogen-bond acceptors (Lipinski definition) is 3. The number of nitriles is 1. The van der Waals surface area contributed by atoms with Crippen LogP contribution in [-0.4, -0.2) is 10.5 Å². The molecule has 0 saturated heterocycles. The zero-order valence-electron chi connectivity index (χ0n) is 13.2. The third-order valence-electron chi connectivity index (χ3n) is 3.63. The normalized spacial score (nSPS) is 11.5. The molecule has 2 aromatic rings. The van der Waals surface area contributed by atoms with Crippen molar-refractivity contribution in [3.8, 4) is 6.07 Å². The van der Waals surface area contributed by atoms with Gasteiger partial charge in [-0.15, -0.1) is 0 Å². The van der Waals surface area contributed by atoms with Crippen molar-refractivity contribution < 1.29 is 4.79 Å². The van der Waals surface area contributed by atoms with E-state index in [4.69, 9.17) is 5.26 Å². The molecule has 118 valence electrons. The highest BCUT2D eigenvalue weighted by Crippen LogP contribution is 2.18. The number of pyridine rings is 1. The van der Waals surface area contributed by atoms with Gasteiger partial charge in [0.25, 0.3) is 5.56 Å². The first-order valence-electron chi connectivity index (χ1n) is 7.56. The number of amides is 1. The fourth-order valence-electron chi connectivity index (χ4n) is 2.55. The highest BCUT2D eigenvalue weighted by Gasteiger charge is 2.22. The van der Waals surface area contributed by atoms with E-state index >= 15 is 0 Å². The maximum absolute atomic E-state index is 12.7. The molecule has 0 fully saturated rings. The van der Waals surface area contributed by atoms with Crippen molar-refractivity contribution in [1.29, 1.82) is 5.26 Å². The third-order valence-corrected chi connectivity index (χ3v) is 3.63. The molecule has 0 aliphatic heterocycles. The van der Waals surface area contributed by atoms with Gasteiger partial charge in [-0.1, -0.05) is 25.5 Å². The molecule has 5 heteroatoms. The van der Waals surface area contributed by atoms with Gasteiger partial charge in [0.05, 0.1) is 11.6 Å². The van der Waals surface area contributed by atoms with Gasteiger partial charge in [0.15, 0.2) is 0 Å². The van der Waals surface area contributed by atoms with Crippen LogP contribution in [-0.2, 0) is 4.79 Å². The number of benzene rings is 1. The van der Waals surface area contributed by atoms with Crippen LogP contribution in [0, 0.1) is 18.3 Å². The topological polar surface area (TPSA) is 74.9 Å². The molecular formula is C18H19N3O2. The molecule has 0 radical (unpaired) electrons. The van der Waals surface area contributed by atoms with Crippen LogP contribution in [0.15, 0.2) is 47.3 Å². The van der Waals surface area contributed by atoms with E-state index in [1.807, 2.05) is 26.0 Å². The summed E-state index contributed by atoms with van der Waals surface area (Å²) < 4.78 is 1.52. The van der Waals surface area contributed by atoms with Crippen LogP contribution in [0.1, 0.15) is 37.1 Å². The Balaban J connectivity index is 2.32. The minimum Gasteiger partial charge on any atom is -0.324 e. The van der Waals surface area contributed by atoms with Gasteiger partial charge in [0.2, 0.25) is 5.91 Å². The van der Waals surface area contributed by atoms with Gasteiger partial charge in [-0.2, -0.15) is 5.26 Å². The minimum atomic E-state index is -0.570. The summed E-state index contributed by atoms with van der Waals surface area (Å²) in [6, 6.07) is 13.1. The van der Waals surface area contributed by atoms with Gasteiger partial charge in [-0.25, -0.2) is 0 Å². The van der Waals surface area contributed by atoms with E-state index in [2.05, 4.69) is 5.32 Å². The lowest BCUT2D eigenvalue weighted by atomic mass is 10.1. The van der Waals surface area contributed by atoms with Gasteiger partial charge in [0, 0.05) is 17.4 Å². The summed E-state index contributed by atoms with van der Waals surface area (Å²) in [5.41, 5.74) is 1.58. The molecule has 0 spiro atoms. The monoisotopic (exact) mass is 309 g/mol. The minimum absolute atomic E-state index is 0.190. The van der Waals surface area contributed by atoms with Crippen molar-refractivity contribution in [2.45, 2.75) is 32.7 Å². The molecule has 1 N–H and O–H groups in total. The van der Waals surface area contributed by atoms with Crippen LogP contribution in [0.4, 0.5) is 5.69 Å². The molecule has 1 atom stereocenters. The summed E-state index contributed by atoms with van der Waals surface area (Å²) in [6.07, 6.45) is 1.34. The first-order chi connectivity index (χ1) is 11.1. The second kappa shape index (κ2) is 7.41. The quantitative estimate of drug-likeness (QED) is 0.922. The first-order valence-corrected chi connectivity index (χ1v) is 7.56. The molecular weight excluding hydrogens is 290 g/mol. The molecule has 1 amide bonds. The third kappa shape index (κ3) is 3.86. The van der Waals surface area contributed by atoms with Gasteiger partial charge in [-0.05, 0) is 37.6 Å². The number of carbonyl (C=O) groups excluding carboxylic acids is 1. The van der Waals surface area contributed by atoms with Crippen LogP contribution in [0.2, 0.25) is 0 Å². The lowest BCUT2D eigenvalue weighted by Crippen LogP contribution is -2.34. The molecule has 0 aliphatic rings. The van der Waals surface area contributed by atoms with Crippen LogP contribution >= 0.6 is 0 Å². The summed E-state index contributed by atoms with van der Waals surface area (Å²) >= 11 is 0. The molecule has 0 aliphatic carbocycles. The zero-order chi connectivity index (χ0) is 16.8. The summed E-state index contributed by atoms with van der Waals surface area (Å²) in [5.74, 6) is -0.252. The molecule has 0 bridgehead atoms. The number of aromatic nitrogens is 1. The van der Waals surface area contributed by atoms with E-state index in [9.17, 15) is 9.59 Å². The molecule has 1 aromatic heterocycles. The van der Waals surface area contributed by atoms with Crippen LogP contribution in [0.3, 0.4) is 0 Å². The number of hydrogen-bond donors (Lipinski definition) is 1. The Morgan fingerprint density at radius 1 is 1.30 bits per heavy atom. The van der Waals surface area contributed by atoms with E-state index in [-0.39, 0.29) is 11.5 Å². The maximum Gasteiger partial charge on any atom is 0.251 e. The average molecular weight is 309 g/mol. The van der Waals surface area contributed by atoms with Crippen molar-refractivity contribution in [3.05, 3.63) is 64.1 Å². The standard InChI is InChI=1S/C18H19N3O2/c1-3-6-16(21-13(2)7-4-10-17(21)22)18(23)20-15-9-5-8-14(11-15)12-19/h4-5,7-11,16H,3,6H2,1-2H3,(H,20,23). The number of anilines is 1. The fraction of sp³-hybridized carbons (Fsp3) is 0.278. The van der Waals surface area contributed by atoms with Crippen LogP contribution in [0.25, 0.3) is 0 Å². The molecule has 5 nitrogen and oxygen atoms in total. The largest absolute Gasteiger partial charge is 0.324 e. The summed E-state index contributed by atoms with van der Waals surface area (Å²) in [4.78, 5) is 24.8. The van der Waals surface area contributed by atoms with Crippen molar-refractivity contribution in [1.82, 2.24) is 4.57 Å². The van der Waals surface area contributed by atoms with Crippen LogP contribution < -0.4 is 10.9 Å². The highest BCUT2D eigenvalue weighted by molar-refractivity contribution is 5.93. The second-order valence-electron chi connectivity index (χ2n) is 5.36. The van der Waals surface area contributed by atoms with Crippen molar-refractivity contribution in [2.75, 3.05) is 5.32 Å². The van der Waals surface area contributed by atoms with E-state index in [1.54, 1.807) is 30.3 Å². The Labute approximate surface area is 135 Å². The van der Waals surface area contributed by atoms with Crippen molar-refractivity contribution >= 4 is 11.6 Å². The molecule has 1 heterocycles. The Morgan fingerprint density at radius 2 is 2.04 bits per heavy atom. The number of aryl methyl sites for hydroxylation is 1. The Bertz CT molecular complexity index is 802. The lowest BCUT2D eigenvalue weighted by Gasteiger charge is -2.21. The predicted molar refractivity (Wildman–Crippen MR) is 89.2 cm³/mol. The van der Waals surface area contributed by atoms with Gasteiger partial charge >= 0.3 is 0 Å². The molecule has 0 saturated carbocycles. The van der Waals surface area contributed by atoms with Gasteiger partial charge in [0.1, 0.15) is 6.04 Å². The van der Waals surface area contributed by atoms with Crippen molar-refractivity contribution in [2.24, 2.45) is 0 Å². The zero-order valence-corrected chi connectivity index (χ0v) is 13.2. The number of nitrogens with one attached hydrogen (secondary N) is 1.